The van der Waals surface area contributed by atoms with Crippen LogP contribution in [0.25, 0.3) is 0 Å². The Hall–Kier alpha value is -1.92. The second-order valence-electron chi connectivity index (χ2n) is 8.52. The lowest BCUT2D eigenvalue weighted by atomic mass is 9.85. The largest absolute Gasteiger partial charge is 0.497 e. The highest BCUT2D eigenvalue weighted by atomic mass is 16.5. The number of allylic oxidation sites excluding steroid dienone is 1. The van der Waals surface area contributed by atoms with Crippen molar-refractivity contribution in [3.63, 3.8) is 0 Å². The van der Waals surface area contributed by atoms with Crippen LogP contribution in [0.2, 0.25) is 0 Å². The molecule has 1 aliphatic heterocycles. The number of ether oxygens (including phenoxy) is 3. The van der Waals surface area contributed by atoms with Crippen molar-refractivity contribution >= 4 is 0 Å². The first-order valence-corrected chi connectivity index (χ1v) is 11.0. The molecule has 0 aliphatic carbocycles. The molecule has 5 heteroatoms. The fourth-order valence-corrected chi connectivity index (χ4v) is 3.63. The molecule has 0 unspecified atom stereocenters. The molecule has 0 saturated heterocycles. The molecule has 31 heavy (non-hydrogen) atoms. The smallest absolute Gasteiger partial charge is 0.118 e. The van der Waals surface area contributed by atoms with Crippen LogP contribution in [-0.2, 0) is 16.1 Å². The van der Waals surface area contributed by atoms with Crippen molar-refractivity contribution in [1.29, 1.82) is 0 Å². The van der Waals surface area contributed by atoms with Crippen LogP contribution >= 0.6 is 0 Å². The Morgan fingerprint density at radius 1 is 1.35 bits per heavy atom. The predicted octanol–water partition coefficient (Wildman–Crippen LogP) is 4.73. The quantitative estimate of drug-likeness (QED) is 0.371. The number of hydrogen-bond donors (Lipinski definition) is 2. The summed E-state index contributed by atoms with van der Waals surface area (Å²) in [5, 5.41) is 21.1. The molecule has 1 aromatic carbocycles. The first kappa shape index (κ1) is 25.3. The molecule has 0 amide bonds. The normalized spacial score (nSPS) is 22.4. The van der Waals surface area contributed by atoms with E-state index in [0.29, 0.717) is 26.1 Å². The number of aliphatic hydroxyl groups excluding tert-OH is 1. The van der Waals surface area contributed by atoms with E-state index in [2.05, 4.69) is 32.6 Å². The highest BCUT2D eigenvalue weighted by Crippen LogP contribution is 2.32. The summed E-state index contributed by atoms with van der Waals surface area (Å²) < 4.78 is 17.1. The highest BCUT2D eigenvalue weighted by Gasteiger charge is 2.41. The van der Waals surface area contributed by atoms with E-state index >= 15 is 0 Å². The third-order valence-electron chi connectivity index (χ3n) is 5.99. The van der Waals surface area contributed by atoms with Crippen molar-refractivity contribution in [1.82, 2.24) is 0 Å². The number of benzene rings is 1. The van der Waals surface area contributed by atoms with Crippen molar-refractivity contribution in [3.8, 4) is 5.75 Å². The summed E-state index contributed by atoms with van der Waals surface area (Å²) in [4.78, 5) is 0. The maximum atomic E-state index is 10.8. The van der Waals surface area contributed by atoms with E-state index in [1.54, 1.807) is 20.1 Å². The minimum absolute atomic E-state index is 0.0651. The summed E-state index contributed by atoms with van der Waals surface area (Å²) in [5.74, 6) is 0.840. The maximum Gasteiger partial charge on any atom is 0.118 e. The zero-order valence-electron chi connectivity index (χ0n) is 19.3. The summed E-state index contributed by atoms with van der Waals surface area (Å²) in [6.07, 6.45) is 7.07. The molecular weight excluding hydrogens is 392 g/mol. The van der Waals surface area contributed by atoms with Crippen LogP contribution in [0.3, 0.4) is 0 Å². The van der Waals surface area contributed by atoms with Gasteiger partial charge in [0.1, 0.15) is 11.4 Å². The highest BCUT2D eigenvalue weighted by molar-refractivity contribution is 5.26. The molecule has 0 bridgehead atoms. The van der Waals surface area contributed by atoms with Crippen LogP contribution in [0.5, 0.6) is 5.75 Å². The zero-order valence-corrected chi connectivity index (χ0v) is 19.3. The lowest BCUT2D eigenvalue weighted by molar-refractivity contribution is -0.169. The zero-order chi connectivity index (χ0) is 22.9. The molecule has 1 heterocycles. The molecular formula is C26H38O5. The Labute approximate surface area is 187 Å². The first-order valence-electron chi connectivity index (χ1n) is 11.0. The third kappa shape index (κ3) is 7.62. The summed E-state index contributed by atoms with van der Waals surface area (Å²) in [6, 6.07) is 7.87. The maximum absolute atomic E-state index is 10.8. The fraction of sp³-hybridized carbons (Fsp3) is 0.538. The van der Waals surface area contributed by atoms with Gasteiger partial charge in [0.25, 0.3) is 0 Å². The Morgan fingerprint density at radius 3 is 2.71 bits per heavy atom. The van der Waals surface area contributed by atoms with Gasteiger partial charge in [-0.2, -0.15) is 0 Å². The van der Waals surface area contributed by atoms with Crippen LogP contribution in [0, 0.1) is 0 Å². The molecule has 4 atom stereocenters. The Balaban J connectivity index is 1.80. The topological polar surface area (TPSA) is 68.2 Å². The van der Waals surface area contributed by atoms with Gasteiger partial charge < -0.3 is 24.4 Å². The average molecular weight is 431 g/mol. The molecule has 0 radical (unpaired) electrons. The van der Waals surface area contributed by atoms with Crippen LogP contribution in [0.4, 0.5) is 0 Å². The van der Waals surface area contributed by atoms with Gasteiger partial charge in [-0.3, -0.25) is 0 Å². The molecule has 0 aromatic heterocycles. The third-order valence-corrected chi connectivity index (χ3v) is 5.99. The van der Waals surface area contributed by atoms with Crippen LogP contribution in [-0.4, -0.2) is 47.8 Å². The minimum Gasteiger partial charge on any atom is -0.497 e. The summed E-state index contributed by atoms with van der Waals surface area (Å²) >= 11 is 0. The van der Waals surface area contributed by atoms with Gasteiger partial charge in [-0.25, -0.2) is 0 Å². The molecule has 172 valence electrons. The van der Waals surface area contributed by atoms with E-state index in [0.717, 1.165) is 24.2 Å². The molecule has 2 rings (SSSR count). The van der Waals surface area contributed by atoms with E-state index in [4.69, 9.17) is 14.2 Å². The van der Waals surface area contributed by atoms with Crippen molar-refractivity contribution in [2.24, 2.45) is 0 Å². The van der Waals surface area contributed by atoms with Gasteiger partial charge in [0.2, 0.25) is 0 Å². The second kappa shape index (κ2) is 12.2. The first-order chi connectivity index (χ1) is 14.8. The van der Waals surface area contributed by atoms with Crippen LogP contribution in [0.1, 0.15) is 52.0 Å². The van der Waals surface area contributed by atoms with Crippen LogP contribution in [0.15, 0.2) is 60.2 Å². The fourth-order valence-electron chi connectivity index (χ4n) is 3.63. The number of aliphatic hydroxyl groups is 2. The van der Waals surface area contributed by atoms with Gasteiger partial charge in [-0.1, -0.05) is 35.9 Å². The van der Waals surface area contributed by atoms with E-state index < -0.39 is 17.8 Å². The van der Waals surface area contributed by atoms with Gasteiger partial charge in [-0.15, -0.1) is 6.58 Å². The second-order valence-corrected chi connectivity index (χ2v) is 8.52. The van der Waals surface area contributed by atoms with Gasteiger partial charge in [-0.05, 0) is 69.7 Å². The van der Waals surface area contributed by atoms with E-state index in [9.17, 15) is 10.2 Å². The average Bonchev–Trinajstić information content (AvgIpc) is 2.76. The summed E-state index contributed by atoms with van der Waals surface area (Å²) in [6.45, 7) is 10.6. The number of hydrogen-bond acceptors (Lipinski definition) is 5. The predicted molar refractivity (Wildman–Crippen MR) is 124 cm³/mol. The van der Waals surface area contributed by atoms with Crippen molar-refractivity contribution in [3.05, 3.63) is 65.8 Å². The monoisotopic (exact) mass is 430 g/mol. The van der Waals surface area contributed by atoms with E-state index in [1.807, 2.05) is 24.3 Å². The molecule has 5 nitrogen and oxygen atoms in total. The van der Waals surface area contributed by atoms with Gasteiger partial charge in [0, 0.05) is 0 Å². The Morgan fingerprint density at radius 2 is 2.06 bits per heavy atom. The molecule has 0 saturated carbocycles. The lowest BCUT2D eigenvalue weighted by Crippen LogP contribution is -2.52. The van der Waals surface area contributed by atoms with Crippen molar-refractivity contribution < 1.29 is 24.4 Å². The van der Waals surface area contributed by atoms with E-state index in [-0.39, 0.29) is 6.10 Å². The van der Waals surface area contributed by atoms with E-state index in [1.165, 1.54) is 11.1 Å². The van der Waals surface area contributed by atoms with Gasteiger partial charge in [0.15, 0.2) is 0 Å². The SMILES string of the molecule is C=CC[C@H](O)[C@](C)(O)[C@H]1CC=C(C)[C@H](CC/C(C)=C/COCc2ccc(OC)cc2)O1. The standard InChI is InChI=1S/C26H38O5/c1-6-7-24(27)26(4,28)25-15-9-20(3)23(31-25)14-8-19(2)16-17-30-18-21-10-12-22(29-5)13-11-21/h6,9-13,16,23-25,27-28H,1,7-8,14-15,17-18H2,2-5H3/b19-16+/t23-,24-,25+,26-/m0/s1. The Kier molecular flexibility index (Phi) is 9.97. The molecule has 2 N–H and O–H groups in total. The number of rotatable bonds is 12. The summed E-state index contributed by atoms with van der Waals surface area (Å²) in [5.41, 5.74) is 2.21. The molecule has 1 aliphatic rings. The molecule has 1 aromatic rings. The summed E-state index contributed by atoms with van der Waals surface area (Å²) in [7, 11) is 1.66. The Bertz CT molecular complexity index is 748. The lowest BCUT2D eigenvalue weighted by Gasteiger charge is -2.40. The van der Waals surface area contributed by atoms with Crippen molar-refractivity contribution in [2.45, 2.75) is 77.0 Å². The minimum atomic E-state index is -1.32. The van der Waals surface area contributed by atoms with Crippen molar-refractivity contribution in [2.75, 3.05) is 13.7 Å². The van der Waals surface area contributed by atoms with Gasteiger partial charge in [0.05, 0.1) is 38.6 Å². The van der Waals surface area contributed by atoms with Gasteiger partial charge >= 0.3 is 0 Å². The molecule has 0 fully saturated rings. The van der Waals surface area contributed by atoms with Crippen LogP contribution < -0.4 is 4.74 Å². The molecule has 0 spiro atoms. The number of methoxy groups -OCH3 is 1.